The molecule has 0 atom stereocenters. The molecule has 2 rings (SSSR count). The Kier molecular flexibility index (Phi) is 4.24. The smallest absolute Gasteiger partial charge is 0.270 e. The largest absolute Gasteiger partial charge is 0.354 e. The van der Waals surface area contributed by atoms with E-state index in [0.717, 1.165) is 21.3 Å². The van der Waals surface area contributed by atoms with Gasteiger partial charge in [-0.3, -0.25) is 10.1 Å². The number of nitro groups is 1. The number of benzene rings is 2. The molecule has 0 fully saturated rings. The molecule has 5 nitrogen and oxygen atoms in total. The molecule has 0 spiro atoms. The zero-order valence-corrected chi connectivity index (χ0v) is 13.1. The highest BCUT2D eigenvalue weighted by Crippen LogP contribution is 2.30. The number of aryl methyl sites for hydroxylation is 2. The van der Waals surface area contributed by atoms with Crippen molar-refractivity contribution < 1.29 is 4.92 Å². The predicted molar refractivity (Wildman–Crippen MR) is 84.7 cm³/mol. The molecule has 0 heterocycles. The van der Waals surface area contributed by atoms with Crippen molar-refractivity contribution in [2.45, 2.75) is 13.8 Å². The Balaban J connectivity index is 2.46. The van der Waals surface area contributed by atoms with Crippen LogP contribution >= 0.6 is 15.9 Å². The van der Waals surface area contributed by atoms with E-state index in [0.29, 0.717) is 5.69 Å². The lowest BCUT2D eigenvalue weighted by atomic mass is 10.1. The molecule has 6 heteroatoms. The van der Waals surface area contributed by atoms with Crippen LogP contribution in [0.3, 0.4) is 0 Å². The van der Waals surface area contributed by atoms with Crippen LogP contribution in [0.1, 0.15) is 16.7 Å². The van der Waals surface area contributed by atoms with E-state index in [9.17, 15) is 10.1 Å². The van der Waals surface area contributed by atoms with E-state index in [-0.39, 0.29) is 11.3 Å². The summed E-state index contributed by atoms with van der Waals surface area (Å²) in [6, 6.07) is 10.1. The minimum Gasteiger partial charge on any atom is -0.354 e. The second-order valence-corrected chi connectivity index (χ2v) is 5.55. The van der Waals surface area contributed by atoms with Gasteiger partial charge < -0.3 is 5.32 Å². The third-order valence-electron chi connectivity index (χ3n) is 3.09. The molecule has 0 saturated carbocycles. The summed E-state index contributed by atoms with van der Waals surface area (Å²) < 4.78 is 0.979. The summed E-state index contributed by atoms with van der Waals surface area (Å²) in [5, 5.41) is 23.1. The summed E-state index contributed by atoms with van der Waals surface area (Å²) in [4.78, 5) is 10.2. The third kappa shape index (κ3) is 3.20. The Morgan fingerprint density at radius 1 is 1.24 bits per heavy atom. The van der Waals surface area contributed by atoms with Crippen LogP contribution in [-0.2, 0) is 0 Å². The van der Waals surface area contributed by atoms with Crippen molar-refractivity contribution in [2.24, 2.45) is 0 Å². The maximum atomic E-state index is 10.8. The first kappa shape index (κ1) is 15.0. The molecule has 0 aliphatic rings. The molecule has 0 saturated heterocycles. The Hall–Kier alpha value is -2.39. The topological polar surface area (TPSA) is 79.0 Å². The van der Waals surface area contributed by atoms with Crippen molar-refractivity contribution >= 4 is 33.0 Å². The van der Waals surface area contributed by atoms with Gasteiger partial charge in [-0.15, -0.1) is 0 Å². The highest BCUT2D eigenvalue weighted by molar-refractivity contribution is 9.10. The zero-order chi connectivity index (χ0) is 15.6. The van der Waals surface area contributed by atoms with Crippen molar-refractivity contribution in [1.82, 2.24) is 0 Å². The van der Waals surface area contributed by atoms with E-state index in [4.69, 9.17) is 5.26 Å². The van der Waals surface area contributed by atoms with E-state index in [2.05, 4.69) is 21.2 Å². The average molecular weight is 346 g/mol. The van der Waals surface area contributed by atoms with Gasteiger partial charge in [-0.1, -0.05) is 15.9 Å². The number of hydrogen-bond acceptors (Lipinski definition) is 4. The first-order valence-electron chi connectivity index (χ1n) is 6.14. The number of rotatable bonds is 3. The second kappa shape index (κ2) is 5.94. The summed E-state index contributed by atoms with van der Waals surface area (Å²) in [7, 11) is 0. The molecule has 106 valence electrons. The van der Waals surface area contributed by atoms with E-state index >= 15 is 0 Å². The molecule has 0 amide bonds. The fourth-order valence-corrected chi connectivity index (χ4v) is 2.78. The van der Waals surface area contributed by atoms with Crippen molar-refractivity contribution in [3.8, 4) is 6.07 Å². The van der Waals surface area contributed by atoms with Gasteiger partial charge in [-0.25, -0.2) is 0 Å². The van der Waals surface area contributed by atoms with E-state index in [1.54, 1.807) is 6.07 Å². The molecule has 21 heavy (non-hydrogen) atoms. The molecule has 0 aliphatic heterocycles. The van der Waals surface area contributed by atoms with Crippen molar-refractivity contribution in [2.75, 3.05) is 5.32 Å². The van der Waals surface area contributed by atoms with Crippen molar-refractivity contribution in [3.05, 3.63) is 61.6 Å². The standard InChI is InChI=1S/C15H12BrN3O2/c1-9-5-12(16)6-10(2)15(9)18-14-4-3-13(19(20)21)7-11(14)8-17/h3-7,18H,1-2H3. The first-order valence-corrected chi connectivity index (χ1v) is 6.94. The maximum absolute atomic E-state index is 10.8. The highest BCUT2D eigenvalue weighted by atomic mass is 79.9. The van der Waals surface area contributed by atoms with Gasteiger partial charge >= 0.3 is 0 Å². The van der Waals surface area contributed by atoms with Crippen LogP contribution in [-0.4, -0.2) is 4.92 Å². The molecule has 0 aromatic heterocycles. The molecular formula is C15H12BrN3O2. The summed E-state index contributed by atoms with van der Waals surface area (Å²) >= 11 is 3.43. The monoisotopic (exact) mass is 345 g/mol. The number of non-ortho nitro benzene ring substituents is 1. The molecular weight excluding hydrogens is 334 g/mol. The highest BCUT2D eigenvalue weighted by Gasteiger charge is 2.12. The van der Waals surface area contributed by atoms with Crippen LogP contribution < -0.4 is 5.32 Å². The number of nitro benzene ring substituents is 1. The Bertz CT molecular complexity index is 743. The van der Waals surface area contributed by atoms with E-state index in [1.165, 1.54) is 12.1 Å². The van der Waals surface area contributed by atoms with Crippen molar-refractivity contribution in [3.63, 3.8) is 0 Å². The van der Waals surface area contributed by atoms with Gasteiger partial charge in [0.1, 0.15) is 6.07 Å². The molecule has 1 N–H and O–H groups in total. The van der Waals surface area contributed by atoms with Crippen LogP contribution in [0.2, 0.25) is 0 Å². The Morgan fingerprint density at radius 2 is 1.86 bits per heavy atom. The average Bonchev–Trinajstić information content (AvgIpc) is 2.42. The van der Waals surface area contributed by atoms with Gasteiger partial charge in [0, 0.05) is 22.3 Å². The van der Waals surface area contributed by atoms with E-state index < -0.39 is 4.92 Å². The normalized spacial score (nSPS) is 10.0. The summed E-state index contributed by atoms with van der Waals surface area (Å²) in [5.74, 6) is 0. The minimum absolute atomic E-state index is 0.0960. The number of nitriles is 1. The predicted octanol–water partition coefficient (Wildman–Crippen LogP) is 4.59. The minimum atomic E-state index is -0.513. The van der Waals surface area contributed by atoms with Gasteiger partial charge in [-0.05, 0) is 43.2 Å². The number of halogens is 1. The lowest BCUT2D eigenvalue weighted by molar-refractivity contribution is -0.384. The summed E-state index contributed by atoms with van der Waals surface area (Å²) in [5.41, 5.74) is 3.63. The Labute approximate surface area is 130 Å². The zero-order valence-electron chi connectivity index (χ0n) is 11.5. The fraction of sp³-hybridized carbons (Fsp3) is 0.133. The van der Waals surface area contributed by atoms with Crippen LogP contribution in [0.4, 0.5) is 17.1 Å². The SMILES string of the molecule is Cc1cc(Br)cc(C)c1Nc1ccc([N+](=O)[O-])cc1C#N. The van der Waals surface area contributed by atoms with Crippen LogP contribution in [0.25, 0.3) is 0 Å². The van der Waals surface area contributed by atoms with Crippen LogP contribution in [0.5, 0.6) is 0 Å². The lowest BCUT2D eigenvalue weighted by Gasteiger charge is -2.14. The number of anilines is 2. The van der Waals surface area contributed by atoms with Gasteiger partial charge in [0.05, 0.1) is 16.2 Å². The molecule has 0 unspecified atom stereocenters. The molecule has 0 radical (unpaired) electrons. The van der Waals surface area contributed by atoms with Gasteiger partial charge in [0.25, 0.3) is 5.69 Å². The first-order chi connectivity index (χ1) is 9.92. The lowest BCUT2D eigenvalue weighted by Crippen LogP contribution is -1.99. The summed E-state index contributed by atoms with van der Waals surface area (Å²) in [6.45, 7) is 3.91. The van der Waals surface area contributed by atoms with Crippen LogP contribution in [0.15, 0.2) is 34.8 Å². The quantitative estimate of drug-likeness (QED) is 0.651. The third-order valence-corrected chi connectivity index (χ3v) is 3.55. The number of nitrogens with zero attached hydrogens (tertiary/aromatic N) is 2. The van der Waals surface area contributed by atoms with Crippen molar-refractivity contribution in [1.29, 1.82) is 5.26 Å². The molecule has 2 aromatic carbocycles. The Morgan fingerprint density at radius 3 is 2.38 bits per heavy atom. The molecule has 0 aliphatic carbocycles. The molecule has 0 bridgehead atoms. The number of nitrogens with one attached hydrogen (secondary N) is 1. The van der Waals surface area contributed by atoms with Gasteiger partial charge in [-0.2, -0.15) is 5.26 Å². The van der Waals surface area contributed by atoms with Gasteiger partial charge in [0.15, 0.2) is 0 Å². The second-order valence-electron chi connectivity index (χ2n) is 4.64. The number of hydrogen-bond donors (Lipinski definition) is 1. The van der Waals surface area contributed by atoms with Crippen LogP contribution in [0, 0.1) is 35.3 Å². The maximum Gasteiger partial charge on any atom is 0.270 e. The fourth-order valence-electron chi connectivity index (χ4n) is 2.09. The summed E-state index contributed by atoms with van der Waals surface area (Å²) in [6.07, 6.45) is 0. The van der Waals surface area contributed by atoms with E-state index in [1.807, 2.05) is 32.0 Å². The van der Waals surface area contributed by atoms with Gasteiger partial charge in [0.2, 0.25) is 0 Å². The molecule has 2 aromatic rings.